The Labute approximate surface area is 141 Å². The maximum Gasteiger partial charge on any atom is 0.417 e. The van der Waals surface area contributed by atoms with Crippen molar-refractivity contribution in [3.05, 3.63) is 47.0 Å². The second kappa shape index (κ2) is 7.57. The van der Waals surface area contributed by atoms with Crippen LogP contribution in [0.3, 0.4) is 0 Å². The number of anilines is 1. The first-order valence-corrected chi connectivity index (χ1v) is 8.05. The molecular formula is C16H16F3N3OS. The molecule has 0 atom stereocenters. The highest BCUT2D eigenvalue weighted by atomic mass is 32.1. The summed E-state index contributed by atoms with van der Waals surface area (Å²) in [6.45, 7) is 4.02. The van der Waals surface area contributed by atoms with Gasteiger partial charge in [-0.2, -0.15) is 13.2 Å². The molecule has 0 aliphatic rings. The zero-order chi connectivity index (χ0) is 17.7. The van der Waals surface area contributed by atoms with Crippen molar-refractivity contribution >= 4 is 27.9 Å². The summed E-state index contributed by atoms with van der Waals surface area (Å²) in [7, 11) is 0. The number of carbonyl (C=O) groups excluding carboxylic acids is 1. The lowest BCUT2D eigenvalue weighted by Gasteiger charge is -2.11. The molecule has 0 unspecified atom stereocenters. The van der Waals surface area contributed by atoms with Gasteiger partial charge >= 0.3 is 6.18 Å². The van der Waals surface area contributed by atoms with E-state index < -0.39 is 17.7 Å². The fourth-order valence-electron chi connectivity index (χ4n) is 1.95. The van der Waals surface area contributed by atoms with Crippen molar-refractivity contribution < 1.29 is 18.0 Å². The van der Waals surface area contributed by atoms with E-state index in [4.69, 9.17) is 0 Å². The highest BCUT2D eigenvalue weighted by Crippen LogP contribution is 2.33. The summed E-state index contributed by atoms with van der Waals surface area (Å²) in [5.74, 6) is -0.519. The Morgan fingerprint density at radius 3 is 2.50 bits per heavy atom. The predicted octanol–water partition coefficient (Wildman–Crippen LogP) is 4.32. The van der Waals surface area contributed by atoms with Gasteiger partial charge in [0.15, 0.2) is 0 Å². The number of hydrogen-bond acceptors (Lipinski definition) is 4. The van der Waals surface area contributed by atoms with Gasteiger partial charge < -0.3 is 0 Å². The van der Waals surface area contributed by atoms with Crippen LogP contribution in [-0.4, -0.2) is 22.3 Å². The fourth-order valence-corrected chi connectivity index (χ4v) is 2.91. The van der Waals surface area contributed by atoms with Gasteiger partial charge in [-0.15, -0.1) is 10.2 Å². The van der Waals surface area contributed by atoms with Crippen molar-refractivity contribution in [3.8, 4) is 0 Å². The van der Waals surface area contributed by atoms with E-state index in [0.29, 0.717) is 18.4 Å². The van der Waals surface area contributed by atoms with Crippen LogP contribution < -0.4 is 5.32 Å². The van der Waals surface area contributed by atoms with Crippen LogP contribution in [-0.2, 0) is 11.2 Å². The molecule has 2 rings (SSSR count). The topological polar surface area (TPSA) is 54.9 Å². The highest BCUT2D eigenvalue weighted by molar-refractivity contribution is 7.15. The quantitative estimate of drug-likeness (QED) is 0.813. The van der Waals surface area contributed by atoms with Crippen molar-refractivity contribution in [2.24, 2.45) is 5.92 Å². The molecule has 8 heteroatoms. The number of allylic oxidation sites excluding steroid dienone is 1. The smallest absolute Gasteiger partial charge is 0.297 e. The molecule has 0 radical (unpaired) electrons. The third kappa shape index (κ3) is 5.16. The lowest BCUT2D eigenvalue weighted by atomic mass is 10.1. The monoisotopic (exact) mass is 355 g/mol. The number of carbonyl (C=O) groups is 1. The van der Waals surface area contributed by atoms with Gasteiger partial charge in [-0.3, -0.25) is 10.1 Å². The maximum atomic E-state index is 13.2. The number of amides is 1. The molecular weight excluding hydrogens is 339 g/mol. The third-order valence-electron chi connectivity index (χ3n) is 2.95. The minimum absolute atomic E-state index is 0.0714. The lowest BCUT2D eigenvalue weighted by Crippen LogP contribution is -2.16. The Hall–Kier alpha value is -2.22. The van der Waals surface area contributed by atoms with Crippen LogP contribution in [0.5, 0.6) is 0 Å². The second-order valence-corrected chi connectivity index (χ2v) is 6.57. The van der Waals surface area contributed by atoms with Crippen LogP contribution >= 0.6 is 11.3 Å². The molecule has 1 amide bonds. The normalized spacial score (nSPS) is 12.5. The number of nitrogens with zero attached hydrogens (tertiary/aromatic N) is 2. The zero-order valence-corrected chi connectivity index (χ0v) is 13.9. The summed E-state index contributed by atoms with van der Waals surface area (Å²) in [6.07, 6.45) is -3.40. The van der Waals surface area contributed by atoms with Gasteiger partial charge in [-0.05, 0) is 11.5 Å². The number of hydrogen-bond donors (Lipinski definition) is 1. The largest absolute Gasteiger partial charge is 0.417 e. The van der Waals surface area contributed by atoms with Crippen LogP contribution in [0, 0.1) is 5.92 Å². The van der Waals surface area contributed by atoms with E-state index in [9.17, 15) is 18.0 Å². The first-order valence-electron chi connectivity index (χ1n) is 7.23. The SMILES string of the molecule is CC(C)Cc1nnc(NC(=O)/C=C(/c2ccccc2)C(F)(F)F)s1. The van der Waals surface area contributed by atoms with Crippen molar-refractivity contribution in [3.63, 3.8) is 0 Å². The number of rotatable bonds is 5. The summed E-state index contributed by atoms with van der Waals surface area (Å²) >= 11 is 1.16. The molecule has 0 fully saturated rings. The van der Waals surface area contributed by atoms with E-state index in [2.05, 4.69) is 15.5 Å². The minimum atomic E-state index is -4.64. The number of nitrogens with one attached hydrogen (secondary N) is 1. The van der Waals surface area contributed by atoms with Crippen LogP contribution in [0.25, 0.3) is 5.57 Å². The molecule has 0 aliphatic carbocycles. The number of benzene rings is 1. The number of halogens is 3. The van der Waals surface area contributed by atoms with Crippen LogP contribution in [0.1, 0.15) is 24.4 Å². The molecule has 0 saturated carbocycles. The van der Waals surface area contributed by atoms with E-state index >= 15 is 0 Å². The summed E-state index contributed by atoms with van der Waals surface area (Å²) in [6, 6.07) is 7.18. The average molecular weight is 355 g/mol. The second-order valence-electron chi connectivity index (χ2n) is 5.51. The fraction of sp³-hybridized carbons (Fsp3) is 0.312. The van der Waals surface area contributed by atoms with Gasteiger partial charge in [0, 0.05) is 12.5 Å². The molecule has 128 valence electrons. The van der Waals surface area contributed by atoms with Crippen LogP contribution in [0.2, 0.25) is 0 Å². The van der Waals surface area contributed by atoms with Gasteiger partial charge in [0.1, 0.15) is 5.01 Å². The number of alkyl halides is 3. The van der Waals surface area contributed by atoms with E-state index in [1.54, 1.807) is 6.07 Å². The average Bonchev–Trinajstić information content (AvgIpc) is 2.90. The molecule has 0 spiro atoms. The predicted molar refractivity (Wildman–Crippen MR) is 87.6 cm³/mol. The molecule has 24 heavy (non-hydrogen) atoms. The van der Waals surface area contributed by atoms with Gasteiger partial charge in [-0.1, -0.05) is 55.5 Å². The van der Waals surface area contributed by atoms with E-state index in [1.165, 1.54) is 24.3 Å². The van der Waals surface area contributed by atoms with Crippen molar-refractivity contribution in [1.29, 1.82) is 0 Å². The van der Waals surface area contributed by atoms with Crippen LogP contribution in [0.15, 0.2) is 36.4 Å². The molecule has 2 aromatic rings. The standard InChI is InChI=1S/C16H16F3N3OS/c1-10(2)8-14-21-22-15(24-14)20-13(23)9-12(16(17,18)19)11-6-4-3-5-7-11/h3-7,9-10H,8H2,1-2H3,(H,20,22,23)/b12-9-. The Kier molecular flexibility index (Phi) is 5.71. The maximum absolute atomic E-state index is 13.2. The molecule has 1 N–H and O–H groups in total. The molecule has 1 heterocycles. The molecule has 0 bridgehead atoms. The first kappa shape index (κ1) is 18.1. The molecule has 0 aliphatic heterocycles. The number of aromatic nitrogens is 2. The molecule has 1 aromatic heterocycles. The Morgan fingerprint density at radius 1 is 1.25 bits per heavy atom. The third-order valence-corrected chi connectivity index (χ3v) is 3.81. The first-order chi connectivity index (χ1) is 11.3. The highest BCUT2D eigenvalue weighted by Gasteiger charge is 2.35. The van der Waals surface area contributed by atoms with E-state index in [1.807, 2.05) is 13.8 Å². The molecule has 0 saturated heterocycles. The van der Waals surface area contributed by atoms with Crippen molar-refractivity contribution in [2.45, 2.75) is 26.4 Å². The van der Waals surface area contributed by atoms with Gasteiger partial charge in [0.05, 0.1) is 5.57 Å². The Morgan fingerprint density at radius 2 is 1.92 bits per heavy atom. The van der Waals surface area contributed by atoms with E-state index in [0.717, 1.165) is 16.3 Å². The summed E-state index contributed by atoms with van der Waals surface area (Å²) in [5, 5.41) is 10.9. The lowest BCUT2D eigenvalue weighted by molar-refractivity contribution is -0.112. The van der Waals surface area contributed by atoms with Gasteiger partial charge in [0.2, 0.25) is 5.13 Å². The van der Waals surface area contributed by atoms with Gasteiger partial charge in [-0.25, -0.2) is 0 Å². The Balaban J connectivity index is 2.17. The van der Waals surface area contributed by atoms with Gasteiger partial charge in [0.25, 0.3) is 5.91 Å². The summed E-state index contributed by atoms with van der Waals surface area (Å²) < 4.78 is 39.5. The molecule has 4 nitrogen and oxygen atoms in total. The van der Waals surface area contributed by atoms with Crippen LogP contribution in [0.4, 0.5) is 18.3 Å². The summed E-state index contributed by atoms with van der Waals surface area (Å²) in [5.41, 5.74) is -1.08. The van der Waals surface area contributed by atoms with E-state index in [-0.39, 0.29) is 10.7 Å². The van der Waals surface area contributed by atoms with Crippen molar-refractivity contribution in [1.82, 2.24) is 10.2 Å². The zero-order valence-electron chi connectivity index (χ0n) is 13.1. The Bertz CT molecular complexity index is 724. The van der Waals surface area contributed by atoms with Crippen molar-refractivity contribution in [2.75, 3.05) is 5.32 Å². The minimum Gasteiger partial charge on any atom is -0.297 e. The summed E-state index contributed by atoms with van der Waals surface area (Å²) in [4.78, 5) is 11.9. The molecule has 1 aromatic carbocycles.